The molecule has 0 unspecified atom stereocenters. The van der Waals surface area contributed by atoms with Crippen LogP contribution in [0.5, 0.6) is 0 Å². The molecule has 1 aromatic heterocycles. The maximum absolute atomic E-state index is 10.9. The average molecular weight is 280 g/mol. The summed E-state index contributed by atoms with van der Waals surface area (Å²) in [6.07, 6.45) is 0.730. The third-order valence-corrected chi connectivity index (χ3v) is 3.14. The van der Waals surface area contributed by atoms with Gasteiger partial charge in [0.15, 0.2) is 6.29 Å². The van der Waals surface area contributed by atoms with Gasteiger partial charge in [0.2, 0.25) is 0 Å². The van der Waals surface area contributed by atoms with Crippen molar-refractivity contribution in [1.29, 1.82) is 0 Å². The minimum atomic E-state index is -0.520. The molecule has 0 aliphatic carbocycles. The molecular formula is C12H10ClN3O3. The molecule has 0 bridgehead atoms. The Kier molecular flexibility index (Phi) is 3.35. The fourth-order valence-electron chi connectivity index (χ4n) is 1.84. The molecule has 2 aromatic rings. The number of aryl methyl sites for hydroxylation is 1. The van der Waals surface area contributed by atoms with E-state index >= 15 is 0 Å². The van der Waals surface area contributed by atoms with Gasteiger partial charge in [-0.25, -0.2) is 4.68 Å². The van der Waals surface area contributed by atoms with E-state index in [1.807, 2.05) is 0 Å². The van der Waals surface area contributed by atoms with Gasteiger partial charge < -0.3 is 0 Å². The van der Waals surface area contributed by atoms with Crippen molar-refractivity contribution >= 4 is 23.6 Å². The average Bonchev–Trinajstić information content (AvgIpc) is 2.64. The summed E-state index contributed by atoms with van der Waals surface area (Å²) in [7, 11) is 0. The zero-order valence-electron chi connectivity index (χ0n) is 10.3. The molecule has 0 fully saturated rings. The normalized spacial score (nSPS) is 10.5. The molecule has 2 rings (SSSR count). The number of carbonyl (C=O) groups excluding carboxylic acids is 1. The first-order valence-corrected chi connectivity index (χ1v) is 5.79. The van der Waals surface area contributed by atoms with E-state index in [0.717, 1.165) is 6.29 Å². The zero-order valence-corrected chi connectivity index (χ0v) is 11.0. The highest BCUT2D eigenvalue weighted by molar-refractivity contribution is 6.32. The van der Waals surface area contributed by atoms with E-state index in [1.54, 1.807) is 13.8 Å². The summed E-state index contributed by atoms with van der Waals surface area (Å²) >= 11 is 6.03. The molecule has 1 aromatic carbocycles. The molecule has 0 aliphatic rings. The maximum atomic E-state index is 10.9. The predicted molar refractivity (Wildman–Crippen MR) is 70.1 cm³/mol. The highest BCUT2D eigenvalue weighted by Crippen LogP contribution is 2.27. The number of non-ortho nitro benzene ring substituents is 1. The van der Waals surface area contributed by atoms with E-state index in [0.29, 0.717) is 22.6 Å². The van der Waals surface area contributed by atoms with Crippen LogP contribution in [0.25, 0.3) is 5.69 Å². The Morgan fingerprint density at radius 1 is 1.42 bits per heavy atom. The number of aldehydes is 1. The lowest BCUT2D eigenvalue weighted by molar-refractivity contribution is -0.384. The van der Waals surface area contributed by atoms with Gasteiger partial charge in [0, 0.05) is 12.1 Å². The van der Waals surface area contributed by atoms with E-state index in [-0.39, 0.29) is 10.7 Å². The summed E-state index contributed by atoms with van der Waals surface area (Å²) in [4.78, 5) is 21.1. The second-order valence-corrected chi connectivity index (χ2v) is 4.41. The van der Waals surface area contributed by atoms with Gasteiger partial charge in [-0.15, -0.1) is 0 Å². The predicted octanol–water partition coefficient (Wildman–Crippen LogP) is 2.86. The Labute approximate surface area is 113 Å². The molecular weight excluding hydrogens is 270 g/mol. The Hall–Kier alpha value is -2.21. The van der Waals surface area contributed by atoms with Crippen molar-refractivity contribution < 1.29 is 9.72 Å². The summed E-state index contributed by atoms with van der Waals surface area (Å²) in [5.74, 6) is 0. The van der Waals surface area contributed by atoms with Crippen LogP contribution in [0.2, 0.25) is 5.02 Å². The molecule has 6 nitrogen and oxygen atoms in total. The topological polar surface area (TPSA) is 78.0 Å². The van der Waals surface area contributed by atoms with Crippen LogP contribution in [0.15, 0.2) is 18.2 Å². The molecule has 7 heteroatoms. The Morgan fingerprint density at radius 2 is 2.11 bits per heavy atom. The smallest absolute Gasteiger partial charge is 0.271 e. The second-order valence-electron chi connectivity index (χ2n) is 4.01. The van der Waals surface area contributed by atoms with E-state index in [2.05, 4.69) is 5.10 Å². The molecule has 98 valence electrons. The number of hydrogen-bond donors (Lipinski definition) is 0. The van der Waals surface area contributed by atoms with Gasteiger partial charge >= 0.3 is 0 Å². The lowest BCUT2D eigenvalue weighted by Crippen LogP contribution is -2.01. The minimum absolute atomic E-state index is 0.0918. The first-order chi connectivity index (χ1) is 8.95. The molecule has 0 atom stereocenters. The number of aromatic nitrogens is 2. The molecule has 19 heavy (non-hydrogen) atoms. The van der Waals surface area contributed by atoms with E-state index in [9.17, 15) is 14.9 Å². The lowest BCUT2D eigenvalue weighted by atomic mass is 10.2. The standard InChI is InChI=1S/C12H10ClN3O3/c1-7-10(6-17)8(2)15(14-7)12-4-3-9(16(18)19)5-11(12)13/h3-6H,1-2H3. The first kappa shape index (κ1) is 13.2. The number of nitrogens with zero attached hydrogens (tertiary/aromatic N) is 3. The van der Waals surface area contributed by atoms with Crippen LogP contribution < -0.4 is 0 Å². The summed E-state index contributed by atoms with van der Waals surface area (Å²) < 4.78 is 1.51. The highest BCUT2D eigenvalue weighted by Gasteiger charge is 2.16. The summed E-state index contributed by atoms with van der Waals surface area (Å²) in [6, 6.07) is 4.11. The Morgan fingerprint density at radius 3 is 2.58 bits per heavy atom. The maximum Gasteiger partial charge on any atom is 0.271 e. The molecule has 0 N–H and O–H groups in total. The van der Waals surface area contributed by atoms with Crippen LogP contribution >= 0.6 is 11.6 Å². The van der Waals surface area contributed by atoms with E-state index in [4.69, 9.17) is 11.6 Å². The van der Waals surface area contributed by atoms with Gasteiger partial charge in [0.25, 0.3) is 5.69 Å². The number of hydrogen-bond acceptors (Lipinski definition) is 4. The number of carbonyl (C=O) groups is 1. The zero-order chi connectivity index (χ0) is 14.2. The quantitative estimate of drug-likeness (QED) is 0.492. The lowest BCUT2D eigenvalue weighted by Gasteiger charge is -2.06. The van der Waals surface area contributed by atoms with E-state index in [1.165, 1.54) is 22.9 Å². The number of rotatable bonds is 3. The van der Waals surface area contributed by atoms with Crippen LogP contribution in [0, 0.1) is 24.0 Å². The van der Waals surface area contributed by atoms with Crippen molar-refractivity contribution in [2.24, 2.45) is 0 Å². The molecule has 0 saturated heterocycles. The SMILES string of the molecule is Cc1nn(-c2ccc([N+](=O)[O-])cc2Cl)c(C)c1C=O. The number of nitro groups is 1. The van der Waals surface area contributed by atoms with Crippen LogP contribution in [0.4, 0.5) is 5.69 Å². The molecule has 0 saturated carbocycles. The monoisotopic (exact) mass is 279 g/mol. The van der Waals surface area contributed by atoms with Gasteiger partial charge in [0.1, 0.15) is 0 Å². The van der Waals surface area contributed by atoms with Crippen molar-refractivity contribution in [3.8, 4) is 5.69 Å². The van der Waals surface area contributed by atoms with Crippen molar-refractivity contribution in [3.05, 3.63) is 50.3 Å². The van der Waals surface area contributed by atoms with Crippen LogP contribution in [0.3, 0.4) is 0 Å². The third-order valence-electron chi connectivity index (χ3n) is 2.84. The highest BCUT2D eigenvalue weighted by atomic mass is 35.5. The van der Waals surface area contributed by atoms with Crippen molar-refractivity contribution in [2.45, 2.75) is 13.8 Å². The fourth-order valence-corrected chi connectivity index (χ4v) is 2.10. The van der Waals surface area contributed by atoms with Gasteiger partial charge in [-0.1, -0.05) is 11.6 Å². The van der Waals surface area contributed by atoms with Crippen LogP contribution in [-0.4, -0.2) is 21.0 Å². The Bertz CT molecular complexity index is 679. The molecule has 0 spiro atoms. The number of nitro benzene ring substituents is 1. The van der Waals surface area contributed by atoms with Gasteiger partial charge in [-0.2, -0.15) is 5.10 Å². The van der Waals surface area contributed by atoms with Crippen molar-refractivity contribution in [2.75, 3.05) is 0 Å². The number of benzene rings is 1. The van der Waals surface area contributed by atoms with Crippen LogP contribution in [-0.2, 0) is 0 Å². The summed E-state index contributed by atoms with van der Waals surface area (Å²) in [6.45, 7) is 3.45. The number of halogens is 1. The van der Waals surface area contributed by atoms with Gasteiger partial charge in [-0.05, 0) is 19.9 Å². The Balaban J connectivity index is 2.60. The summed E-state index contributed by atoms with van der Waals surface area (Å²) in [5.41, 5.74) is 2.13. The minimum Gasteiger partial charge on any atom is -0.298 e. The first-order valence-electron chi connectivity index (χ1n) is 5.41. The largest absolute Gasteiger partial charge is 0.298 e. The summed E-state index contributed by atoms with van der Waals surface area (Å²) in [5, 5.41) is 15.1. The third kappa shape index (κ3) is 2.22. The fraction of sp³-hybridized carbons (Fsp3) is 0.167. The van der Waals surface area contributed by atoms with E-state index < -0.39 is 4.92 Å². The molecule has 1 heterocycles. The van der Waals surface area contributed by atoms with Gasteiger partial charge in [0.05, 0.1) is 32.6 Å². The molecule has 0 aliphatic heterocycles. The molecule has 0 amide bonds. The van der Waals surface area contributed by atoms with Crippen LogP contribution in [0.1, 0.15) is 21.7 Å². The van der Waals surface area contributed by atoms with Gasteiger partial charge in [-0.3, -0.25) is 14.9 Å². The second kappa shape index (κ2) is 4.81. The molecule has 0 radical (unpaired) electrons. The van der Waals surface area contributed by atoms with Crippen molar-refractivity contribution in [1.82, 2.24) is 9.78 Å². The van der Waals surface area contributed by atoms with Crippen molar-refractivity contribution in [3.63, 3.8) is 0 Å².